The maximum absolute atomic E-state index is 12.1. The molecule has 0 aliphatic heterocycles. The summed E-state index contributed by atoms with van der Waals surface area (Å²) in [7, 11) is 1.60. The van der Waals surface area contributed by atoms with Crippen molar-refractivity contribution >= 4 is 17.7 Å². The predicted octanol–water partition coefficient (Wildman–Crippen LogP) is 4.75. The second kappa shape index (κ2) is 8.38. The van der Waals surface area contributed by atoms with Gasteiger partial charge in [0.25, 0.3) is 0 Å². The zero-order valence-electron chi connectivity index (χ0n) is 15.4. The van der Waals surface area contributed by atoms with E-state index in [0.717, 1.165) is 16.8 Å². The first-order valence-electron chi connectivity index (χ1n) is 8.30. The van der Waals surface area contributed by atoms with Gasteiger partial charge in [-0.1, -0.05) is 23.8 Å². The van der Waals surface area contributed by atoms with E-state index in [9.17, 15) is 4.79 Å². The lowest BCUT2D eigenvalue weighted by atomic mass is 10.1. The molecular weight excluding hydrogens is 314 g/mol. The number of rotatable bonds is 6. The number of carbonyl (C=O) groups is 1. The van der Waals surface area contributed by atoms with Gasteiger partial charge in [-0.3, -0.25) is 4.79 Å². The second-order valence-electron chi connectivity index (χ2n) is 6.22. The third-order valence-corrected chi connectivity index (χ3v) is 3.62. The molecule has 0 aliphatic rings. The Bertz CT molecular complexity index is 779. The van der Waals surface area contributed by atoms with Crippen LogP contribution in [0.5, 0.6) is 11.5 Å². The van der Waals surface area contributed by atoms with Crippen LogP contribution in [-0.2, 0) is 4.79 Å². The molecule has 0 saturated heterocycles. The van der Waals surface area contributed by atoms with Crippen molar-refractivity contribution in [2.45, 2.75) is 33.8 Å². The maximum atomic E-state index is 12.1. The summed E-state index contributed by atoms with van der Waals surface area (Å²) >= 11 is 0. The molecule has 0 saturated carbocycles. The molecule has 0 bridgehead atoms. The van der Waals surface area contributed by atoms with Crippen molar-refractivity contribution in [2.24, 2.45) is 0 Å². The zero-order chi connectivity index (χ0) is 18.4. The summed E-state index contributed by atoms with van der Waals surface area (Å²) < 4.78 is 11.0. The SMILES string of the molecule is COc1cc(/C=C/C(=O)Nc2ccc(C)cc2C)ccc1OC(C)C. The summed E-state index contributed by atoms with van der Waals surface area (Å²) in [5, 5.41) is 2.89. The summed E-state index contributed by atoms with van der Waals surface area (Å²) in [4.78, 5) is 12.1. The van der Waals surface area contributed by atoms with Crippen molar-refractivity contribution in [3.8, 4) is 11.5 Å². The minimum absolute atomic E-state index is 0.0684. The van der Waals surface area contributed by atoms with Gasteiger partial charge in [0.05, 0.1) is 13.2 Å². The van der Waals surface area contributed by atoms with Crippen LogP contribution in [0.2, 0.25) is 0 Å². The highest BCUT2D eigenvalue weighted by molar-refractivity contribution is 6.02. The molecule has 1 amide bonds. The van der Waals surface area contributed by atoms with Gasteiger partial charge in [0.2, 0.25) is 5.91 Å². The summed E-state index contributed by atoms with van der Waals surface area (Å²) in [5.74, 6) is 1.16. The average molecular weight is 339 g/mol. The molecule has 0 aliphatic carbocycles. The van der Waals surface area contributed by atoms with Crippen LogP contribution in [0.1, 0.15) is 30.5 Å². The molecular formula is C21H25NO3. The van der Waals surface area contributed by atoms with Crippen LogP contribution in [0.15, 0.2) is 42.5 Å². The van der Waals surface area contributed by atoms with E-state index in [4.69, 9.17) is 9.47 Å². The van der Waals surface area contributed by atoms with Crippen molar-refractivity contribution in [1.29, 1.82) is 0 Å². The molecule has 0 heterocycles. The number of amides is 1. The fraction of sp³-hybridized carbons (Fsp3) is 0.286. The van der Waals surface area contributed by atoms with E-state index >= 15 is 0 Å². The number of hydrogen-bond donors (Lipinski definition) is 1. The number of ether oxygens (including phenoxy) is 2. The van der Waals surface area contributed by atoms with Crippen LogP contribution in [0.25, 0.3) is 6.08 Å². The van der Waals surface area contributed by atoms with Crippen molar-refractivity contribution in [2.75, 3.05) is 12.4 Å². The highest BCUT2D eigenvalue weighted by atomic mass is 16.5. The Morgan fingerprint density at radius 1 is 1.08 bits per heavy atom. The van der Waals surface area contributed by atoms with Crippen molar-refractivity contribution in [3.05, 3.63) is 59.2 Å². The van der Waals surface area contributed by atoms with Gasteiger partial charge in [0.15, 0.2) is 11.5 Å². The van der Waals surface area contributed by atoms with Gasteiger partial charge >= 0.3 is 0 Å². The first kappa shape index (κ1) is 18.6. The molecule has 1 N–H and O–H groups in total. The van der Waals surface area contributed by atoms with Gasteiger partial charge in [0.1, 0.15) is 0 Å². The molecule has 132 valence electrons. The standard InChI is InChI=1S/C21H25NO3/c1-14(2)25-19-10-7-17(13-20(19)24-5)8-11-21(23)22-18-9-6-15(3)12-16(18)4/h6-14H,1-5H3,(H,22,23)/b11-8+. The molecule has 0 unspecified atom stereocenters. The van der Waals surface area contributed by atoms with Crippen LogP contribution < -0.4 is 14.8 Å². The van der Waals surface area contributed by atoms with Crippen LogP contribution in [-0.4, -0.2) is 19.1 Å². The van der Waals surface area contributed by atoms with Gasteiger partial charge in [-0.25, -0.2) is 0 Å². The average Bonchev–Trinajstić information content (AvgIpc) is 2.56. The molecule has 0 spiro atoms. The molecule has 0 radical (unpaired) electrons. The first-order chi connectivity index (χ1) is 11.9. The molecule has 0 fully saturated rings. The minimum Gasteiger partial charge on any atom is -0.493 e. The molecule has 0 aromatic heterocycles. The molecule has 2 aromatic carbocycles. The van der Waals surface area contributed by atoms with Crippen LogP contribution in [0.4, 0.5) is 5.69 Å². The Hall–Kier alpha value is -2.75. The van der Waals surface area contributed by atoms with Crippen molar-refractivity contribution in [1.82, 2.24) is 0 Å². The van der Waals surface area contributed by atoms with Gasteiger partial charge in [0, 0.05) is 11.8 Å². The van der Waals surface area contributed by atoms with Crippen LogP contribution in [0, 0.1) is 13.8 Å². The number of anilines is 1. The van der Waals surface area contributed by atoms with E-state index in [0.29, 0.717) is 11.5 Å². The fourth-order valence-corrected chi connectivity index (χ4v) is 2.44. The number of aryl methyl sites for hydroxylation is 2. The Balaban J connectivity index is 2.08. The summed E-state index contributed by atoms with van der Waals surface area (Å²) in [5.41, 5.74) is 3.89. The number of hydrogen-bond acceptors (Lipinski definition) is 3. The lowest BCUT2D eigenvalue weighted by Crippen LogP contribution is -2.09. The van der Waals surface area contributed by atoms with Gasteiger partial charge in [-0.15, -0.1) is 0 Å². The minimum atomic E-state index is -0.173. The molecule has 4 heteroatoms. The molecule has 0 atom stereocenters. The largest absolute Gasteiger partial charge is 0.493 e. The molecule has 2 aromatic rings. The number of benzene rings is 2. The Kier molecular flexibility index (Phi) is 6.23. The quantitative estimate of drug-likeness (QED) is 0.773. The molecule has 2 rings (SSSR count). The summed E-state index contributed by atoms with van der Waals surface area (Å²) in [6.45, 7) is 7.93. The van der Waals surface area contributed by atoms with Gasteiger partial charge in [-0.2, -0.15) is 0 Å². The summed E-state index contributed by atoms with van der Waals surface area (Å²) in [6, 6.07) is 11.5. The summed E-state index contributed by atoms with van der Waals surface area (Å²) in [6.07, 6.45) is 3.33. The van der Waals surface area contributed by atoms with E-state index in [2.05, 4.69) is 5.32 Å². The van der Waals surface area contributed by atoms with Crippen LogP contribution >= 0.6 is 0 Å². The second-order valence-corrected chi connectivity index (χ2v) is 6.22. The van der Waals surface area contributed by atoms with E-state index in [1.165, 1.54) is 11.6 Å². The zero-order valence-corrected chi connectivity index (χ0v) is 15.4. The fourth-order valence-electron chi connectivity index (χ4n) is 2.44. The highest BCUT2D eigenvalue weighted by Gasteiger charge is 2.07. The Morgan fingerprint density at radius 2 is 1.84 bits per heavy atom. The van der Waals surface area contributed by atoms with E-state index in [1.807, 2.05) is 64.1 Å². The third-order valence-electron chi connectivity index (χ3n) is 3.62. The predicted molar refractivity (Wildman–Crippen MR) is 102 cm³/mol. The third kappa shape index (κ3) is 5.38. The lowest BCUT2D eigenvalue weighted by molar-refractivity contribution is -0.111. The lowest BCUT2D eigenvalue weighted by Gasteiger charge is -2.13. The van der Waals surface area contributed by atoms with Crippen molar-refractivity contribution < 1.29 is 14.3 Å². The van der Waals surface area contributed by atoms with E-state index in [1.54, 1.807) is 13.2 Å². The number of carbonyl (C=O) groups excluding carboxylic acids is 1. The van der Waals surface area contributed by atoms with Crippen LogP contribution in [0.3, 0.4) is 0 Å². The smallest absolute Gasteiger partial charge is 0.248 e. The molecule has 4 nitrogen and oxygen atoms in total. The highest BCUT2D eigenvalue weighted by Crippen LogP contribution is 2.29. The number of nitrogens with one attached hydrogen (secondary N) is 1. The first-order valence-corrected chi connectivity index (χ1v) is 8.30. The Morgan fingerprint density at radius 3 is 2.48 bits per heavy atom. The topological polar surface area (TPSA) is 47.6 Å². The molecule has 25 heavy (non-hydrogen) atoms. The van der Waals surface area contributed by atoms with Gasteiger partial charge < -0.3 is 14.8 Å². The van der Waals surface area contributed by atoms with E-state index in [-0.39, 0.29) is 12.0 Å². The normalized spacial score (nSPS) is 11.0. The number of methoxy groups -OCH3 is 1. The Labute approximate surface area is 149 Å². The monoisotopic (exact) mass is 339 g/mol. The van der Waals surface area contributed by atoms with E-state index < -0.39 is 0 Å². The van der Waals surface area contributed by atoms with Crippen molar-refractivity contribution in [3.63, 3.8) is 0 Å². The maximum Gasteiger partial charge on any atom is 0.248 e. The van der Waals surface area contributed by atoms with Gasteiger partial charge in [-0.05, 0) is 63.1 Å².